The Labute approximate surface area is 117 Å². The van der Waals surface area contributed by atoms with Crippen molar-refractivity contribution in [3.8, 4) is 0 Å². The van der Waals surface area contributed by atoms with Gasteiger partial charge in [0, 0.05) is 35.5 Å². The van der Waals surface area contributed by atoms with Crippen molar-refractivity contribution in [2.24, 2.45) is 0 Å². The molecular weight excluding hydrogens is 328 g/mol. The Morgan fingerprint density at radius 1 is 1.59 bits per heavy atom. The predicted molar refractivity (Wildman–Crippen MR) is 71.8 cm³/mol. The largest absolute Gasteiger partial charge is 0.480 e. The number of hydrogen-bond acceptors (Lipinski definition) is 4. The van der Waals surface area contributed by atoms with Gasteiger partial charge < -0.3 is 10.4 Å². The minimum Gasteiger partial charge on any atom is -0.480 e. The lowest BCUT2D eigenvalue weighted by molar-refractivity contribution is -0.143. The van der Waals surface area contributed by atoms with Crippen LogP contribution in [-0.2, 0) is 4.79 Å². The summed E-state index contributed by atoms with van der Waals surface area (Å²) in [7, 11) is 0. The second-order valence-corrected chi connectivity index (χ2v) is 6.34. The number of nitrogens with one attached hydrogen (secondary N) is 1. The topological polar surface area (TPSA) is 52.6 Å². The number of carbonyl (C=O) groups is 1. The van der Waals surface area contributed by atoms with E-state index in [1.54, 1.807) is 6.07 Å². The van der Waals surface area contributed by atoms with Crippen molar-refractivity contribution >= 4 is 44.8 Å². The van der Waals surface area contributed by atoms with Gasteiger partial charge in [0.2, 0.25) is 0 Å². The van der Waals surface area contributed by atoms with Gasteiger partial charge in [-0.3, -0.25) is 9.69 Å². The van der Waals surface area contributed by atoms with E-state index in [4.69, 9.17) is 11.6 Å². The van der Waals surface area contributed by atoms with Crippen molar-refractivity contribution in [3.63, 3.8) is 0 Å². The molecule has 17 heavy (non-hydrogen) atoms. The molecule has 94 valence electrons. The SMILES string of the molecule is O=C(O)C(c1cc(Br)c(Cl)s1)N1CCNCC1. The zero-order valence-corrected chi connectivity index (χ0v) is 12.1. The molecule has 1 unspecified atom stereocenters. The molecule has 1 aliphatic rings. The standard InChI is InChI=1S/C10H12BrClN2O2S/c11-6-5-7(17-9(6)12)8(10(15)16)14-3-1-13-2-4-14/h5,8,13H,1-4H2,(H,15,16). The van der Waals surface area contributed by atoms with Crippen molar-refractivity contribution in [1.82, 2.24) is 10.2 Å². The van der Waals surface area contributed by atoms with Crippen LogP contribution >= 0.6 is 38.9 Å². The Hall–Kier alpha value is -0.140. The van der Waals surface area contributed by atoms with Gasteiger partial charge >= 0.3 is 5.97 Å². The van der Waals surface area contributed by atoms with Gasteiger partial charge in [0.25, 0.3) is 0 Å². The van der Waals surface area contributed by atoms with Crippen LogP contribution in [0.5, 0.6) is 0 Å². The van der Waals surface area contributed by atoms with Crippen LogP contribution in [0.15, 0.2) is 10.5 Å². The van der Waals surface area contributed by atoms with Crippen LogP contribution in [-0.4, -0.2) is 42.2 Å². The number of carboxylic acid groups (broad SMARTS) is 1. The van der Waals surface area contributed by atoms with Crippen LogP contribution in [0, 0.1) is 0 Å². The lowest BCUT2D eigenvalue weighted by atomic mass is 10.2. The first-order valence-corrected chi connectivity index (χ1v) is 7.20. The zero-order chi connectivity index (χ0) is 12.4. The van der Waals surface area contributed by atoms with E-state index in [2.05, 4.69) is 21.2 Å². The van der Waals surface area contributed by atoms with Gasteiger partial charge in [0.15, 0.2) is 0 Å². The van der Waals surface area contributed by atoms with Crippen LogP contribution in [0.2, 0.25) is 4.34 Å². The number of aliphatic carboxylic acids is 1. The van der Waals surface area contributed by atoms with Crippen molar-refractivity contribution in [2.45, 2.75) is 6.04 Å². The van der Waals surface area contributed by atoms with E-state index in [9.17, 15) is 9.90 Å². The van der Waals surface area contributed by atoms with Crippen LogP contribution in [0.1, 0.15) is 10.9 Å². The smallest absolute Gasteiger partial charge is 0.326 e. The molecule has 4 nitrogen and oxygen atoms in total. The highest BCUT2D eigenvalue weighted by Crippen LogP contribution is 2.37. The molecule has 1 atom stereocenters. The Kier molecular flexibility index (Phi) is 4.43. The van der Waals surface area contributed by atoms with Crippen molar-refractivity contribution in [3.05, 3.63) is 19.8 Å². The van der Waals surface area contributed by atoms with E-state index in [0.29, 0.717) is 4.34 Å². The summed E-state index contributed by atoms with van der Waals surface area (Å²) >= 11 is 10.6. The van der Waals surface area contributed by atoms with Crippen molar-refractivity contribution in [1.29, 1.82) is 0 Å². The summed E-state index contributed by atoms with van der Waals surface area (Å²) in [4.78, 5) is 14.1. The van der Waals surface area contributed by atoms with Crippen molar-refractivity contribution in [2.75, 3.05) is 26.2 Å². The average molecular weight is 340 g/mol. The third-order valence-corrected chi connectivity index (χ3v) is 5.21. The van der Waals surface area contributed by atoms with E-state index >= 15 is 0 Å². The van der Waals surface area contributed by atoms with Gasteiger partial charge in [0.1, 0.15) is 10.4 Å². The van der Waals surface area contributed by atoms with Crippen LogP contribution < -0.4 is 5.32 Å². The molecule has 1 saturated heterocycles. The second-order valence-electron chi connectivity index (χ2n) is 3.80. The van der Waals surface area contributed by atoms with E-state index < -0.39 is 12.0 Å². The minimum absolute atomic E-state index is 0.592. The highest BCUT2D eigenvalue weighted by Gasteiger charge is 2.30. The van der Waals surface area contributed by atoms with E-state index in [1.807, 2.05) is 4.90 Å². The first-order valence-electron chi connectivity index (χ1n) is 5.22. The fourth-order valence-corrected chi connectivity index (χ4v) is 3.76. The summed E-state index contributed by atoms with van der Waals surface area (Å²) in [6.07, 6.45) is 0. The molecule has 1 aromatic heterocycles. The van der Waals surface area contributed by atoms with Gasteiger partial charge in [-0.1, -0.05) is 11.6 Å². The number of thiophene rings is 1. The highest BCUT2D eigenvalue weighted by molar-refractivity contribution is 9.10. The molecule has 0 bridgehead atoms. The number of rotatable bonds is 3. The van der Waals surface area contributed by atoms with Gasteiger partial charge in [0.05, 0.1) is 0 Å². The number of carboxylic acids is 1. The number of piperazine rings is 1. The van der Waals surface area contributed by atoms with Crippen LogP contribution in [0.4, 0.5) is 0 Å². The van der Waals surface area contributed by atoms with Crippen LogP contribution in [0.3, 0.4) is 0 Å². The lowest BCUT2D eigenvalue weighted by Crippen LogP contribution is -2.46. The lowest BCUT2D eigenvalue weighted by Gasteiger charge is -2.31. The predicted octanol–water partition coefficient (Wildman–Crippen LogP) is 2.19. The Bertz CT molecular complexity index is 401. The molecule has 2 heterocycles. The highest BCUT2D eigenvalue weighted by atomic mass is 79.9. The van der Waals surface area contributed by atoms with Gasteiger partial charge in [-0.15, -0.1) is 11.3 Å². The summed E-state index contributed by atoms with van der Waals surface area (Å²) in [6, 6.07) is 1.21. The summed E-state index contributed by atoms with van der Waals surface area (Å²) in [5, 5.41) is 12.6. The Morgan fingerprint density at radius 2 is 2.24 bits per heavy atom. The maximum absolute atomic E-state index is 11.4. The fraction of sp³-hybridized carbons (Fsp3) is 0.500. The summed E-state index contributed by atoms with van der Waals surface area (Å²) < 4.78 is 1.36. The monoisotopic (exact) mass is 338 g/mol. The van der Waals surface area contributed by atoms with Crippen LogP contribution in [0.25, 0.3) is 0 Å². The maximum Gasteiger partial charge on any atom is 0.326 e. The first kappa shape index (κ1) is 13.3. The molecular formula is C10H12BrClN2O2S. The molecule has 2 rings (SSSR count). The molecule has 0 radical (unpaired) electrons. The molecule has 2 N–H and O–H groups in total. The summed E-state index contributed by atoms with van der Waals surface area (Å²) in [5.74, 6) is -0.822. The summed E-state index contributed by atoms with van der Waals surface area (Å²) in [5.41, 5.74) is 0. The third-order valence-electron chi connectivity index (χ3n) is 2.68. The van der Waals surface area contributed by atoms with E-state index in [-0.39, 0.29) is 0 Å². The minimum atomic E-state index is -0.822. The molecule has 1 aliphatic heterocycles. The number of nitrogens with zero attached hydrogens (tertiary/aromatic N) is 1. The van der Waals surface area contributed by atoms with Gasteiger partial charge in [-0.2, -0.15) is 0 Å². The van der Waals surface area contributed by atoms with Crippen molar-refractivity contribution < 1.29 is 9.90 Å². The summed E-state index contributed by atoms with van der Waals surface area (Å²) in [6.45, 7) is 3.13. The molecule has 0 amide bonds. The van der Waals surface area contributed by atoms with E-state index in [0.717, 1.165) is 35.5 Å². The van der Waals surface area contributed by atoms with E-state index in [1.165, 1.54) is 11.3 Å². The number of halogens is 2. The maximum atomic E-state index is 11.4. The average Bonchev–Trinajstić information content (AvgIpc) is 2.60. The fourth-order valence-electron chi connectivity index (χ4n) is 1.90. The van der Waals surface area contributed by atoms with Gasteiger partial charge in [-0.25, -0.2) is 0 Å². The second kappa shape index (κ2) is 5.67. The Morgan fingerprint density at radius 3 is 2.71 bits per heavy atom. The molecule has 0 aliphatic carbocycles. The quantitative estimate of drug-likeness (QED) is 0.886. The normalized spacial score (nSPS) is 19.2. The third kappa shape index (κ3) is 3.00. The number of hydrogen-bond donors (Lipinski definition) is 2. The molecule has 1 fully saturated rings. The molecule has 1 aromatic rings. The molecule has 0 saturated carbocycles. The zero-order valence-electron chi connectivity index (χ0n) is 8.95. The van der Waals surface area contributed by atoms with Gasteiger partial charge in [-0.05, 0) is 22.0 Å². The molecule has 7 heteroatoms. The Balaban J connectivity index is 2.24. The first-order chi connectivity index (χ1) is 8.09. The molecule has 0 spiro atoms. The molecule has 0 aromatic carbocycles.